The Bertz CT molecular complexity index is 957. The number of fused-ring (bicyclic) bond motifs is 5. The lowest BCUT2D eigenvalue weighted by Gasteiger charge is -2.60. The second kappa shape index (κ2) is 9.22. The smallest absolute Gasteiger partial charge is 0.306 e. The molecule has 35 heavy (non-hydrogen) atoms. The topological polar surface area (TPSA) is 101 Å². The van der Waals surface area contributed by atoms with Crippen LogP contribution in [-0.2, 0) is 19.1 Å². The van der Waals surface area contributed by atoms with Crippen LogP contribution in [0.5, 0.6) is 0 Å². The zero-order chi connectivity index (χ0) is 25.8. The molecule has 0 aliphatic heterocycles. The summed E-state index contributed by atoms with van der Waals surface area (Å²) < 4.78 is 20.7. The first-order valence-electron chi connectivity index (χ1n) is 13.1. The molecular formula is C28H39FO6. The fourth-order valence-corrected chi connectivity index (χ4v) is 8.11. The van der Waals surface area contributed by atoms with Crippen molar-refractivity contribution in [1.29, 1.82) is 0 Å². The second-order valence-electron chi connectivity index (χ2n) is 11.8. The Morgan fingerprint density at radius 1 is 1.23 bits per heavy atom. The number of alkyl halides is 1. The summed E-state index contributed by atoms with van der Waals surface area (Å²) in [5.41, 5.74) is -3.14. The molecule has 0 amide bonds. The SMILES string of the molecule is CCCCCC(=O)OCC(=O)[C@@]1(O)[C@H](C)C[C@H]2[C@@H]3C[C@H](F)C4=CC(=O)C=C[C@]4(C)[C@H]3[C@@H](O)C[C@@]21C. The third-order valence-corrected chi connectivity index (χ3v) is 9.83. The summed E-state index contributed by atoms with van der Waals surface area (Å²) in [4.78, 5) is 37.4. The van der Waals surface area contributed by atoms with Gasteiger partial charge >= 0.3 is 5.97 Å². The molecule has 0 aromatic carbocycles. The number of aliphatic hydroxyl groups excluding tert-OH is 1. The van der Waals surface area contributed by atoms with Gasteiger partial charge < -0.3 is 14.9 Å². The average Bonchev–Trinajstić information content (AvgIpc) is 3.00. The Hall–Kier alpha value is -1.86. The van der Waals surface area contributed by atoms with Gasteiger partial charge in [-0.05, 0) is 61.2 Å². The van der Waals surface area contributed by atoms with Crippen LogP contribution in [0.1, 0.15) is 72.6 Å². The van der Waals surface area contributed by atoms with Crippen molar-refractivity contribution in [1.82, 2.24) is 0 Å². The number of hydrogen-bond acceptors (Lipinski definition) is 6. The third kappa shape index (κ3) is 3.93. The first-order valence-corrected chi connectivity index (χ1v) is 13.1. The lowest BCUT2D eigenvalue weighted by Crippen LogP contribution is -2.63. The lowest BCUT2D eigenvalue weighted by molar-refractivity contribution is -0.188. The summed E-state index contributed by atoms with van der Waals surface area (Å²) in [5.74, 6) is -2.45. The van der Waals surface area contributed by atoms with Crippen LogP contribution in [-0.4, -0.2) is 52.2 Å². The van der Waals surface area contributed by atoms with Crippen molar-refractivity contribution in [2.75, 3.05) is 6.61 Å². The van der Waals surface area contributed by atoms with E-state index in [0.29, 0.717) is 18.4 Å². The fourth-order valence-electron chi connectivity index (χ4n) is 8.11. The number of ketones is 2. The van der Waals surface area contributed by atoms with Gasteiger partial charge in [-0.25, -0.2) is 4.39 Å². The molecule has 6 nitrogen and oxygen atoms in total. The van der Waals surface area contributed by atoms with Crippen LogP contribution in [0.25, 0.3) is 0 Å². The maximum Gasteiger partial charge on any atom is 0.306 e. The van der Waals surface area contributed by atoms with Crippen LogP contribution in [0.15, 0.2) is 23.8 Å². The highest BCUT2D eigenvalue weighted by Gasteiger charge is 2.71. The van der Waals surface area contributed by atoms with Gasteiger partial charge in [0.2, 0.25) is 5.78 Å². The Kier molecular flexibility index (Phi) is 6.90. The number of halogens is 1. The first-order chi connectivity index (χ1) is 16.4. The highest BCUT2D eigenvalue weighted by Crippen LogP contribution is 2.68. The summed E-state index contributed by atoms with van der Waals surface area (Å²) in [7, 11) is 0. The van der Waals surface area contributed by atoms with Crippen LogP contribution < -0.4 is 0 Å². The third-order valence-electron chi connectivity index (χ3n) is 9.83. The van der Waals surface area contributed by atoms with E-state index in [1.54, 1.807) is 6.08 Å². The van der Waals surface area contributed by atoms with E-state index in [1.807, 2.05) is 27.7 Å². The number of rotatable bonds is 7. The molecule has 0 aromatic heterocycles. The predicted octanol–water partition coefficient (Wildman–Crippen LogP) is 3.88. The maximum absolute atomic E-state index is 15.5. The number of unbranched alkanes of at least 4 members (excludes halogenated alkanes) is 2. The minimum atomic E-state index is -1.78. The van der Waals surface area contributed by atoms with Crippen LogP contribution in [0.3, 0.4) is 0 Å². The van der Waals surface area contributed by atoms with Gasteiger partial charge in [-0.15, -0.1) is 0 Å². The molecule has 0 aromatic rings. The van der Waals surface area contributed by atoms with E-state index in [1.165, 1.54) is 12.2 Å². The standard InChI is InChI=1S/C28H39FO6/c1-5-6-7-8-24(33)35-15-23(32)28(34)16(2)11-19-18-13-21(29)20-12-17(30)9-10-26(20,3)25(18)22(31)14-27(19,28)4/h9-10,12,16,18-19,21-22,25,31,34H,5-8,11,13-15H2,1-4H3/t16-,18+,19+,21+,22+,25-,26+,27+,28+/m1/s1. The van der Waals surface area contributed by atoms with Gasteiger partial charge in [0.25, 0.3) is 0 Å². The zero-order valence-corrected chi connectivity index (χ0v) is 21.3. The lowest BCUT2D eigenvalue weighted by atomic mass is 9.46. The molecule has 3 saturated carbocycles. The summed E-state index contributed by atoms with van der Waals surface area (Å²) >= 11 is 0. The van der Waals surface area contributed by atoms with Gasteiger partial charge in [0.1, 0.15) is 11.8 Å². The normalized spacial score (nSPS) is 44.2. The number of hydrogen-bond donors (Lipinski definition) is 2. The van der Waals surface area contributed by atoms with Crippen molar-refractivity contribution in [3.8, 4) is 0 Å². The average molecular weight is 491 g/mol. The molecule has 0 radical (unpaired) electrons. The summed E-state index contributed by atoms with van der Waals surface area (Å²) in [5, 5.41) is 23.3. The van der Waals surface area contributed by atoms with Gasteiger partial charge in [-0.3, -0.25) is 14.4 Å². The number of Topliss-reactive ketones (excluding diaryl/α,β-unsaturated/α-hetero) is 1. The minimum Gasteiger partial charge on any atom is -0.458 e. The van der Waals surface area contributed by atoms with Crippen molar-refractivity contribution in [2.45, 2.75) is 90.5 Å². The summed E-state index contributed by atoms with van der Waals surface area (Å²) in [6.45, 7) is 7.05. The van der Waals surface area contributed by atoms with Gasteiger partial charge in [0.15, 0.2) is 12.4 Å². The van der Waals surface area contributed by atoms with E-state index >= 15 is 4.39 Å². The first kappa shape index (κ1) is 26.2. The van der Waals surface area contributed by atoms with E-state index in [0.717, 1.165) is 12.8 Å². The van der Waals surface area contributed by atoms with Crippen molar-refractivity contribution < 1.29 is 33.7 Å². The Balaban J connectivity index is 1.59. The number of ether oxygens (including phenoxy) is 1. The molecule has 0 spiro atoms. The monoisotopic (exact) mass is 490 g/mol. The minimum absolute atomic E-state index is 0.147. The fraction of sp³-hybridized carbons (Fsp3) is 0.750. The number of carbonyl (C=O) groups excluding carboxylic acids is 3. The largest absolute Gasteiger partial charge is 0.458 e. The zero-order valence-electron chi connectivity index (χ0n) is 21.3. The number of carbonyl (C=O) groups is 3. The molecule has 0 unspecified atom stereocenters. The van der Waals surface area contributed by atoms with Crippen molar-refractivity contribution in [3.63, 3.8) is 0 Å². The van der Waals surface area contributed by atoms with Crippen LogP contribution in [0.4, 0.5) is 4.39 Å². The summed E-state index contributed by atoms with van der Waals surface area (Å²) in [6.07, 6.45) is 5.97. The molecule has 2 N–H and O–H groups in total. The van der Waals surface area contributed by atoms with Crippen LogP contribution >= 0.6 is 0 Å². The van der Waals surface area contributed by atoms with Gasteiger partial charge in [0.05, 0.1) is 6.10 Å². The van der Waals surface area contributed by atoms with Gasteiger partial charge in [-0.1, -0.05) is 46.6 Å². The molecule has 3 fully saturated rings. The van der Waals surface area contributed by atoms with Crippen LogP contribution in [0.2, 0.25) is 0 Å². The quantitative estimate of drug-likeness (QED) is 0.415. The number of allylic oxidation sites excluding steroid dienone is 4. The Morgan fingerprint density at radius 2 is 1.94 bits per heavy atom. The molecule has 0 saturated heterocycles. The van der Waals surface area contributed by atoms with Crippen molar-refractivity contribution in [2.24, 2.45) is 34.5 Å². The molecule has 4 aliphatic rings. The van der Waals surface area contributed by atoms with E-state index in [9.17, 15) is 24.6 Å². The molecule has 4 aliphatic carbocycles. The highest BCUT2D eigenvalue weighted by atomic mass is 19.1. The molecule has 194 valence electrons. The molecule has 9 atom stereocenters. The Labute approximate surface area is 207 Å². The summed E-state index contributed by atoms with van der Waals surface area (Å²) in [6, 6.07) is 0. The maximum atomic E-state index is 15.5. The van der Waals surface area contributed by atoms with E-state index in [-0.39, 0.29) is 42.8 Å². The van der Waals surface area contributed by atoms with Crippen molar-refractivity contribution >= 4 is 17.5 Å². The van der Waals surface area contributed by atoms with E-state index < -0.39 is 53.0 Å². The molecular weight excluding hydrogens is 451 g/mol. The predicted molar refractivity (Wildman–Crippen MR) is 128 cm³/mol. The van der Waals surface area contributed by atoms with Crippen LogP contribution in [0, 0.1) is 34.5 Å². The van der Waals surface area contributed by atoms with Gasteiger partial charge in [0, 0.05) is 23.2 Å². The number of aliphatic hydroxyl groups is 2. The van der Waals surface area contributed by atoms with E-state index in [4.69, 9.17) is 4.74 Å². The Morgan fingerprint density at radius 3 is 2.63 bits per heavy atom. The molecule has 7 heteroatoms. The van der Waals surface area contributed by atoms with E-state index in [2.05, 4.69) is 0 Å². The molecule has 0 bridgehead atoms. The second-order valence-corrected chi connectivity index (χ2v) is 11.8. The molecule has 0 heterocycles. The van der Waals surface area contributed by atoms with Gasteiger partial charge in [-0.2, -0.15) is 0 Å². The van der Waals surface area contributed by atoms with Crippen molar-refractivity contribution in [3.05, 3.63) is 23.8 Å². The number of esters is 1. The highest BCUT2D eigenvalue weighted by molar-refractivity contribution is 6.01. The molecule has 4 rings (SSSR count).